The average molecular weight is 475 g/mol. The fourth-order valence-corrected chi connectivity index (χ4v) is 5.92. The van der Waals surface area contributed by atoms with Crippen molar-refractivity contribution < 1.29 is 0 Å². The Kier molecular flexibility index (Phi) is 6.97. The molecule has 0 bridgehead atoms. The number of aryl methyl sites for hydroxylation is 1. The number of unbranched alkanes of at least 4 members (excludes halogenated alkanes) is 3. The molecule has 4 heteroatoms. The third kappa shape index (κ3) is 4.45. The zero-order chi connectivity index (χ0) is 25.1. The van der Waals surface area contributed by atoms with Crippen molar-refractivity contribution in [1.29, 1.82) is 5.26 Å². The van der Waals surface area contributed by atoms with Gasteiger partial charge in [-0.1, -0.05) is 50.5 Å². The lowest BCUT2D eigenvalue weighted by Gasteiger charge is -2.33. The van der Waals surface area contributed by atoms with Crippen molar-refractivity contribution in [1.82, 2.24) is 4.57 Å². The summed E-state index contributed by atoms with van der Waals surface area (Å²) < 4.78 is 2.50. The van der Waals surface area contributed by atoms with Crippen LogP contribution >= 0.6 is 0 Å². The van der Waals surface area contributed by atoms with Gasteiger partial charge in [0.15, 0.2) is 0 Å². The van der Waals surface area contributed by atoms with Crippen LogP contribution in [0.15, 0.2) is 77.2 Å². The minimum absolute atomic E-state index is 0.242. The summed E-state index contributed by atoms with van der Waals surface area (Å²) in [6.07, 6.45) is 13.5. The average Bonchev–Trinajstić information content (AvgIpc) is 3.24. The van der Waals surface area contributed by atoms with E-state index in [-0.39, 0.29) is 5.70 Å². The van der Waals surface area contributed by atoms with E-state index in [1.54, 1.807) is 0 Å². The van der Waals surface area contributed by atoms with Gasteiger partial charge in [-0.25, -0.2) is 10.1 Å². The highest BCUT2D eigenvalue weighted by Gasteiger charge is 2.26. The van der Waals surface area contributed by atoms with Crippen molar-refractivity contribution in [3.8, 4) is 6.07 Å². The molecule has 0 radical (unpaired) electrons. The fourth-order valence-electron chi connectivity index (χ4n) is 5.92. The molecule has 4 nitrogen and oxygen atoms in total. The molecule has 0 aliphatic heterocycles. The molecule has 2 aliphatic carbocycles. The van der Waals surface area contributed by atoms with Gasteiger partial charge in [-0.05, 0) is 79.5 Å². The molecule has 0 saturated heterocycles. The Morgan fingerprint density at radius 3 is 2.67 bits per heavy atom. The highest BCUT2D eigenvalue weighted by atomic mass is 15.1. The second-order valence-corrected chi connectivity index (χ2v) is 10.1. The fraction of sp³-hybridized carbons (Fsp3) is 0.375. The Bertz CT molecular complexity index is 1450. The van der Waals surface area contributed by atoms with Gasteiger partial charge in [0, 0.05) is 46.8 Å². The number of anilines is 1. The van der Waals surface area contributed by atoms with Crippen LogP contribution in [-0.4, -0.2) is 11.6 Å². The van der Waals surface area contributed by atoms with Crippen LogP contribution < -0.4 is 4.90 Å². The Morgan fingerprint density at radius 1 is 1.06 bits per heavy atom. The molecule has 3 aromatic rings. The minimum Gasteiger partial charge on any atom is -0.348 e. The standard InChI is InChI=1S/C32H34N4/c1-4-5-6-9-18-36-31-11-8-7-10-28(31)29-21-27(16-17-32(29)36)35(3)26-15-14-23-12-13-24(19-25(23)20-26)30(22-33)34-2/h7-8,10-11,16-17,19-21,23H,4-6,9,12-15,18H2,1,3H3. The Hall–Kier alpha value is -3.76. The first-order valence-corrected chi connectivity index (χ1v) is 13.3. The van der Waals surface area contributed by atoms with Crippen LogP contribution in [0.4, 0.5) is 5.69 Å². The molecular formula is C32H34N4. The molecule has 5 rings (SSSR count). The predicted molar refractivity (Wildman–Crippen MR) is 149 cm³/mol. The number of nitrogens with zero attached hydrogens (tertiary/aromatic N) is 4. The largest absolute Gasteiger partial charge is 0.348 e. The van der Waals surface area contributed by atoms with Gasteiger partial charge in [-0.3, -0.25) is 0 Å². The number of para-hydroxylation sites is 1. The first-order valence-electron chi connectivity index (χ1n) is 13.3. The lowest BCUT2D eigenvalue weighted by atomic mass is 9.78. The number of aromatic nitrogens is 1. The van der Waals surface area contributed by atoms with E-state index in [0.717, 1.165) is 37.8 Å². The molecule has 0 amide bonds. The van der Waals surface area contributed by atoms with Gasteiger partial charge in [0.05, 0.1) is 12.6 Å². The smallest absolute Gasteiger partial charge is 0.265 e. The van der Waals surface area contributed by atoms with E-state index in [1.807, 2.05) is 0 Å². The van der Waals surface area contributed by atoms with Crippen molar-refractivity contribution >= 4 is 27.5 Å². The van der Waals surface area contributed by atoms with Gasteiger partial charge >= 0.3 is 0 Å². The summed E-state index contributed by atoms with van der Waals surface area (Å²) in [7, 11) is 2.16. The molecule has 36 heavy (non-hydrogen) atoms. The van der Waals surface area contributed by atoms with Gasteiger partial charge in [-0.2, -0.15) is 0 Å². The SMILES string of the molecule is [C-]#[N+]C(C#N)=C1C=C2C=C(N(C)c3ccc4c(c3)c3ccccc3n4CCCCCC)CCC2CC1. The first-order chi connectivity index (χ1) is 17.6. The number of hydrogen-bond donors (Lipinski definition) is 0. The van der Waals surface area contributed by atoms with Crippen LogP contribution in [0.3, 0.4) is 0 Å². The zero-order valence-corrected chi connectivity index (χ0v) is 21.4. The van der Waals surface area contributed by atoms with Gasteiger partial charge < -0.3 is 9.47 Å². The molecule has 0 N–H and O–H groups in total. The van der Waals surface area contributed by atoms with Crippen LogP contribution in [-0.2, 0) is 6.54 Å². The summed E-state index contributed by atoms with van der Waals surface area (Å²) in [6, 6.07) is 17.8. The maximum Gasteiger partial charge on any atom is 0.265 e. The van der Waals surface area contributed by atoms with E-state index < -0.39 is 0 Å². The van der Waals surface area contributed by atoms with Crippen LogP contribution in [0.5, 0.6) is 0 Å². The molecule has 1 atom stereocenters. The Labute approximate surface area is 214 Å². The normalized spacial score (nSPS) is 18.7. The summed E-state index contributed by atoms with van der Waals surface area (Å²) >= 11 is 0. The molecule has 2 aromatic carbocycles. The highest BCUT2D eigenvalue weighted by Crippen LogP contribution is 2.40. The van der Waals surface area contributed by atoms with Crippen LogP contribution in [0.25, 0.3) is 26.7 Å². The molecule has 1 heterocycles. The topological polar surface area (TPSA) is 36.3 Å². The number of nitriles is 1. The molecule has 0 spiro atoms. The lowest BCUT2D eigenvalue weighted by molar-refractivity contribution is 0.495. The molecule has 1 aromatic heterocycles. The quantitative estimate of drug-likeness (QED) is 0.195. The third-order valence-electron chi connectivity index (χ3n) is 7.99. The summed E-state index contributed by atoms with van der Waals surface area (Å²) in [6.45, 7) is 10.6. The van der Waals surface area contributed by atoms with Gasteiger partial charge in [0.1, 0.15) is 0 Å². The highest BCUT2D eigenvalue weighted by molar-refractivity contribution is 6.09. The van der Waals surface area contributed by atoms with Crippen LogP contribution in [0.1, 0.15) is 58.3 Å². The maximum atomic E-state index is 9.32. The van der Waals surface area contributed by atoms with Crippen molar-refractivity contribution in [2.45, 2.75) is 64.8 Å². The van der Waals surface area contributed by atoms with E-state index in [0.29, 0.717) is 5.92 Å². The van der Waals surface area contributed by atoms with Crippen molar-refractivity contribution in [2.75, 3.05) is 11.9 Å². The Morgan fingerprint density at radius 2 is 1.86 bits per heavy atom. The van der Waals surface area contributed by atoms with Gasteiger partial charge in [0.25, 0.3) is 5.70 Å². The molecule has 2 aliphatic rings. The number of fused-ring (bicyclic) bond motifs is 4. The van der Waals surface area contributed by atoms with E-state index in [1.165, 1.54) is 64.4 Å². The van der Waals surface area contributed by atoms with Crippen LogP contribution in [0, 0.1) is 23.8 Å². The number of allylic oxidation sites excluding steroid dienone is 6. The number of benzene rings is 2. The van der Waals surface area contributed by atoms with E-state index in [2.05, 4.69) is 89.0 Å². The lowest BCUT2D eigenvalue weighted by Crippen LogP contribution is -2.22. The van der Waals surface area contributed by atoms with Crippen molar-refractivity contribution in [3.05, 3.63) is 88.6 Å². The van der Waals surface area contributed by atoms with E-state index >= 15 is 0 Å². The van der Waals surface area contributed by atoms with Crippen molar-refractivity contribution in [2.24, 2.45) is 5.92 Å². The van der Waals surface area contributed by atoms with E-state index in [4.69, 9.17) is 6.57 Å². The molecule has 182 valence electrons. The number of hydrogen-bond acceptors (Lipinski definition) is 2. The van der Waals surface area contributed by atoms with Gasteiger partial charge in [-0.15, -0.1) is 0 Å². The Balaban J connectivity index is 1.49. The first kappa shape index (κ1) is 24.0. The summed E-state index contributed by atoms with van der Waals surface area (Å²) in [5, 5.41) is 12.0. The molecule has 0 fully saturated rings. The zero-order valence-electron chi connectivity index (χ0n) is 21.4. The van der Waals surface area contributed by atoms with Crippen LogP contribution in [0.2, 0.25) is 0 Å². The summed E-state index contributed by atoms with van der Waals surface area (Å²) in [5.74, 6) is 0.532. The predicted octanol–water partition coefficient (Wildman–Crippen LogP) is 8.52. The second kappa shape index (κ2) is 10.5. The monoisotopic (exact) mass is 474 g/mol. The van der Waals surface area contributed by atoms with Crippen molar-refractivity contribution in [3.63, 3.8) is 0 Å². The molecular weight excluding hydrogens is 440 g/mol. The molecule has 1 unspecified atom stereocenters. The number of rotatable bonds is 7. The summed E-state index contributed by atoms with van der Waals surface area (Å²) in [5.41, 5.74) is 7.54. The van der Waals surface area contributed by atoms with Gasteiger partial charge in [0.2, 0.25) is 0 Å². The molecule has 0 saturated carbocycles. The summed E-state index contributed by atoms with van der Waals surface area (Å²) in [4.78, 5) is 5.77. The minimum atomic E-state index is 0.242. The second-order valence-electron chi connectivity index (χ2n) is 10.1. The van der Waals surface area contributed by atoms with E-state index in [9.17, 15) is 5.26 Å². The third-order valence-corrected chi connectivity index (χ3v) is 7.99. The maximum absolute atomic E-state index is 9.32.